The normalized spacial score (nSPS) is 14.0. The first-order valence-corrected chi connectivity index (χ1v) is 8.51. The molecule has 0 saturated carbocycles. The van der Waals surface area contributed by atoms with Crippen LogP contribution in [0.3, 0.4) is 0 Å². The molecule has 1 amide bonds. The average molecular weight is 333 g/mol. The number of rotatable bonds is 3. The van der Waals surface area contributed by atoms with Crippen molar-refractivity contribution in [1.82, 2.24) is 15.1 Å². The third-order valence-electron chi connectivity index (χ3n) is 4.46. The molecule has 1 aliphatic heterocycles. The molecule has 25 heavy (non-hydrogen) atoms. The second kappa shape index (κ2) is 6.51. The molecule has 0 unspecified atom stereocenters. The van der Waals surface area contributed by atoms with Gasteiger partial charge >= 0.3 is 0 Å². The molecule has 0 radical (unpaired) electrons. The molecule has 1 saturated heterocycles. The van der Waals surface area contributed by atoms with E-state index in [4.69, 9.17) is 4.42 Å². The number of amides is 1. The number of carbonyl (C=O) groups excluding carboxylic acids is 1. The smallest absolute Gasteiger partial charge is 0.253 e. The lowest BCUT2D eigenvalue weighted by Gasteiger charge is -2.15. The Kier molecular flexibility index (Phi) is 4.06. The van der Waals surface area contributed by atoms with Crippen LogP contribution in [-0.2, 0) is 0 Å². The third kappa shape index (κ3) is 3.18. The minimum atomic E-state index is 0.0926. The molecule has 1 aliphatic rings. The molecule has 2 heterocycles. The molecular weight excluding hydrogens is 314 g/mol. The molecule has 3 aromatic rings. The molecule has 0 N–H and O–H groups in total. The van der Waals surface area contributed by atoms with Crippen LogP contribution in [0.15, 0.2) is 52.9 Å². The highest BCUT2D eigenvalue weighted by Gasteiger charge is 2.19. The Balaban J connectivity index is 1.55. The predicted octanol–water partition coefficient (Wildman–Crippen LogP) is 3.95. The molecular formula is C20H19N3O2. The lowest BCUT2D eigenvalue weighted by molar-refractivity contribution is 0.0793. The number of carbonyl (C=O) groups is 1. The van der Waals surface area contributed by atoms with Crippen molar-refractivity contribution in [3.63, 3.8) is 0 Å². The predicted molar refractivity (Wildman–Crippen MR) is 95.0 cm³/mol. The van der Waals surface area contributed by atoms with Gasteiger partial charge in [-0.3, -0.25) is 4.79 Å². The number of aromatic nitrogens is 2. The molecule has 5 heteroatoms. The highest BCUT2D eigenvalue weighted by Crippen LogP contribution is 2.25. The zero-order valence-electron chi connectivity index (χ0n) is 14.1. The molecule has 0 atom stereocenters. The number of aryl methyl sites for hydroxylation is 1. The summed E-state index contributed by atoms with van der Waals surface area (Å²) in [6.07, 6.45) is 2.18. The van der Waals surface area contributed by atoms with E-state index >= 15 is 0 Å². The van der Waals surface area contributed by atoms with Gasteiger partial charge < -0.3 is 9.32 Å². The molecule has 126 valence electrons. The van der Waals surface area contributed by atoms with Crippen molar-refractivity contribution in [1.29, 1.82) is 0 Å². The fraction of sp³-hybridized carbons (Fsp3) is 0.250. The van der Waals surface area contributed by atoms with Gasteiger partial charge in [0.05, 0.1) is 0 Å². The Hall–Kier alpha value is -2.95. The van der Waals surface area contributed by atoms with Crippen LogP contribution in [-0.4, -0.2) is 34.1 Å². The maximum absolute atomic E-state index is 12.4. The van der Waals surface area contributed by atoms with Gasteiger partial charge in [-0.1, -0.05) is 17.7 Å². The summed E-state index contributed by atoms with van der Waals surface area (Å²) in [7, 11) is 0. The number of hydrogen-bond acceptors (Lipinski definition) is 4. The monoisotopic (exact) mass is 333 g/mol. The molecule has 4 rings (SSSR count). The van der Waals surface area contributed by atoms with Crippen LogP contribution in [0.4, 0.5) is 0 Å². The number of likely N-dealkylation sites (tertiary alicyclic amines) is 1. The van der Waals surface area contributed by atoms with E-state index < -0.39 is 0 Å². The molecule has 0 bridgehead atoms. The first-order valence-electron chi connectivity index (χ1n) is 8.51. The van der Waals surface area contributed by atoms with Gasteiger partial charge in [-0.25, -0.2) is 0 Å². The second-order valence-electron chi connectivity index (χ2n) is 6.36. The van der Waals surface area contributed by atoms with Crippen LogP contribution >= 0.6 is 0 Å². The topological polar surface area (TPSA) is 59.2 Å². The quantitative estimate of drug-likeness (QED) is 0.728. The van der Waals surface area contributed by atoms with Gasteiger partial charge in [-0.05, 0) is 56.2 Å². The summed E-state index contributed by atoms with van der Waals surface area (Å²) in [6.45, 7) is 3.73. The van der Waals surface area contributed by atoms with E-state index in [0.29, 0.717) is 17.3 Å². The lowest BCUT2D eigenvalue weighted by Crippen LogP contribution is -2.27. The zero-order chi connectivity index (χ0) is 17.2. The molecule has 2 aromatic carbocycles. The molecule has 0 aliphatic carbocycles. The van der Waals surface area contributed by atoms with E-state index in [1.54, 1.807) is 0 Å². The van der Waals surface area contributed by atoms with Gasteiger partial charge in [-0.15, -0.1) is 10.2 Å². The van der Waals surface area contributed by atoms with Crippen molar-refractivity contribution in [2.24, 2.45) is 0 Å². The van der Waals surface area contributed by atoms with E-state index in [2.05, 4.69) is 10.2 Å². The van der Waals surface area contributed by atoms with Crippen molar-refractivity contribution in [2.75, 3.05) is 13.1 Å². The first-order chi connectivity index (χ1) is 12.2. The maximum Gasteiger partial charge on any atom is 0.253 e. The number of benzene rings is 2. The number of hydrogen-bond donors (Lipinski definition) is 0. The standard InChI is InChI=1S/C20H19N3O2/c1-14-5-4-6-17(13-14)19-22-21-18(25-19)15-7-9-16(10-8-15)20(24)23-11-2-3-12-23/h4-10,13H,2-3,11-12H2,1H3. The summed E-state index contributed by atoms with van der Waals surface area (Å²) in [6, 6.07) is 15.3. The Morgan fingerprint density at radius 3 is 2.32 bits per heavy atom. The van der Waals surface area contributed by atoms with Crippen molar-refractivity contribution in [2.45, 2.75) is 19.8 Å². The minimum absolute atomic E-state index is 0.0926. The fourth-order valence-electron chi connectivity index (χ4n) is 3.09. The summed E-state index contributed by atoms with van der Waals surface area (Å²) in [5.41, 5.74) is 3.55. The summed E-state index contributed by atoms with van der Waals surface area (Å²) >= 11 is 0. The summed E-state index contributed by atoms with van der Waals surface area (Å²) in [5.74, 6) is 1.04. The van der Waals surface area contributed by atoms with E-state index in [0.717, 1.165) is 42.6 Å². The van der Waals surface area contributed by atoms with Crippen LogP contribution in [0.25, 0.3) is 22.9 Å². The van der Waals surface area contributed by atoms with Crippen molar-refractivity contribution in [3.8, 4) is 22.9 Å². The van der Waals surface area contributed by atoms with Crippen molar-refractivity contribution in [3.05, 3.63) is 59.7 Å². The second-order valence-corrected chi connectivity index (χ2v) is 6.36. The largest absolute Gasteiger partial charge is 0.416 e. The van der Waals surface area contributed by atoms with Gasteiger partial charge in [0.2, 0.25) is 11.8 Å². The average Bonchev–Trinajstić information content (AvgIpc) is 3.33. The van der Waals surface area contributed by atoms with E-state index in [-0.39, 0.29) is 5.91 Å². The Morgan fingerprint density at radius 2 is 1.64 bits per heavy atom. The van der Waals surface area contributed by atoms with E-state index in [1.165, 1.54) is 0 Å². The summed E-state index contributed by atoms with van der Waals surface area (Å²) in [4.78, 5) is 14.3. The van der Waals surface area contributed by atoms with Crippen LogP contribution in [0.1, 0.15) is 28.8 Å². The zero-order valence-corrected chi connectivity index (χ0v) is 14.1. The van der Waals surface area contributed by atoms with Crippen LogP contribution in [0, 0.1) is 6.92 Å². The lowest BCUT2D eigenvalue weighted by atomic mass is 10.1. The highest BCUT2D eigenvalue weighted by molar-refractivity contribution is 5.94. The van der Waals surface area contributed by atoms with E-state index in [1.807, 2.05) is 60.4 Å². The molecule has 0 spiro atoms. The first kappa shape index (κ1) is 15.6. The molecule has 1 fully saturated rings. The highest BCUT2D eigenvalue weighted by atomic mass is 16.4. The minimum Gasteiger partial charge on any atom is -0.416 e. The van der Waals surface area contributed by atoms with Crippen LogP contribution in [0.5, 0.6) is 0 Å². The van der Waals surface area contributed by atoms with Crippen molar-refractivity contribution >= 4 is 5.91 Å². The third-order valence-corrected chi connectivity index (χ3v) is 4.46. The van der Waals surface area contributed by atoms with Crippen LogP contribution in [0.2, 0.25) is 0 Å². The molecule has 5 nitrogen and oxygen atoms in total. The van der Waals surface area contributed by atoms with Gasteiger partial charge in [0, 0.05) is 29.8 Å². The van der Waals surface area contributed by atoms with Crippen molar-refractivity contribution < 1.29 is 9.21 Å². The van der Waals surface area contributed by atoms with Gasteiger partial charge in [0.25, 0.3) is 5.91 Å². The maximum atomic E-state index is 12.4. The summed E-state index contributed by atoms with van der Waals surface area (Å²) < 4.78 is 5.79. The van der Waals surface area contributed by atoms with Gasteiger partial charge in [0.15, 0.2) is 0 Å². The van der Waals surface area contributed by atoms with Gasteiger partial charge in [-0.2, -0.15) is 0 Å². The summed E-state index contributed by atoms with van der Waals surface area (Å²) in [5, 5.41) is 8.27. The fourth-order valence-corrected chi connectivity index (χ4v) is 3.09. The van der Waals surface area contributed by atoms with Gasteiger partial charge in [0.1, 0.15) is 0 Å². The number of nitrogens with zero attached hydrogens (tertiary/aromatic N) is 3. The Morgan fingerprint density at radius 1 is 0.960 bits per heavy atom. The molecule has 1 aromatic heterocycles. The SMILES string of the molecule is Cc1cccc(-c2nnc(-c3ccc(C(=O)N4CCCC4)cc3)o2)c1. The van der Waals surface area contributed by atoms with E-state index in [9.17, 15) is 4.79 Å². The van der Waals surface area contributed by atoms with Crippen LogP contribution < -0.4 is 0 Å². The Bertz CT molecular complexity index is 893. The Labute approximate surface area is 146 Å².